The van der Waals surface area contributed by atoms with Crippen LogP contribution in [0.5, 0.6) is 0 Å². The van der Waals surface area contributed by atoms with Crippen molar-refractivity contribution in [3.63, 3.8) is 0 Å². The summed E-state index contributed by atoms with van der Waals surface area (Å²) >= 11 is 5.94. The van der Waals surface area contributed by atoms with Gasteiger partial charge in [-0.15, -0.1) is 0 Å². The normalized spacial score (nSPS) is 10.7. The first-order valence-electron chi connectivity index (χ1n) is 9.99. The van der Waals surface area contributed by atoms with Gasteiger partial charge in [0, 0.05) is 22.8 Å². The number of hydrogen-bond donors (Lipinski definition) is 2. The van der Waals surface area contributed by atoms with E-state index in [1.165, 1.54) is 6.33 Å². The minimum absolute atomic E-state index is 0.355. The van der Waals surface area contributed by atoms with Gasteiger partial charge >= 0.3 is 0 Å². The minimum atomic E-state index is 0.355. The summed E-state index contributed by atoms with van der Waals surface area (Å²) in [4.78, 5) is 8.58. The topological polar surface area (TPSA) is 73.1 Å². The fourth-order valence-corrected chi connectivity index (χ4v) is 3.39. The summed E-state index contributed by atoms with van der Waals surface area (Å²) in [7, 11) is 0. The Labute approximate surface area is 186 Å². The zero-order valence-electron chi connectivity index (χ0n) is 17.0. The number of hydrogen-bond acceptors (Lipinski definition) is 5. The van der Waals surface area contributed by atoms with Crippen molar-refractivity contribution in [2.75, 3.05) is 11.1 Å². The van der Waals surface area contributed by atoms with Gasteiger partial charge < -0.3 is 15.8 Å². The van der Waals surface area contributed by atoms with Crippen molar-refractivity contribution < 1.29 is 4.74 Å². The predicted molar refractivity (Wildman–Crippen MR) is 126 cm³/mol. The number of nitrogen functional groups attached to an aromatic ring is 1. The molecule has 0 aliphatic rings. The fourth-order valence-electron chi connectivity index (χ4n) is 3.26. The van der Waals surface area contributed by atoms with Crippen molar-refractivity contribution in [2.24, 2.45) is 0 Å². The second-order valence-electron chi connectivity index (χ2n) is 7.12. The molecule has 0 saturated heterocycles. The molecule has 0 spiro atoms. The molecule has 31 heavy (non-hydrogen) atoms. The van der Waals surface area contributed by atoms with Gasteiger partial charge in [0.05, 0.1) is 18.9 Å². The lowest BCUT2D eigenvalue weighted by Crippen LogP contribution is -2.04. The Kier molecular flexibility index (Phi) is 6.77. The van der Waals surface area contributed by atoms with Crippen LogP contribution in [0.1, 0.15) is 16.8 Å². The molecule has 0 fully saturated rings. The Morgan fingerprint density at radius 2 is 1.55 bits per heavy atom. The summed E-state index contributed by atoms with van der Waals surface area (Å²) in [6, 6.07) is 25.9. The Morgan fingerprint density at radius 3 is 2.29 bits per heavy atom. The molecule has 3 N–H and O–H groups in total. The number of nitrogens with zero attached hydrogens (tertiary/aromatic N) is 2. The van der Waals surface area contributed by atoms with Crippen molar-refractivity contribution in [3.05, 3.63) is 107 Å². The maximum Gasteiger partial charge on any atom is 0.135 e. The second-order valence-corrected chi connectivity index (χ2v) is 7.55. The summed E-state index contributed by atoms with van der Waals surface area (Å²) in [5.41, 5.74) is 12.0. The van der Waals surface area contributed by atoms with Gasteiger partial charge in [0.2, 0.25) is 0 Å². The summed E-state index contributed by atoms with van der Waals surface area (Å²) in [5.74, 6) is 0.440. The maximum atomic E-state index is 6.19. The van der Waals surface area contributed by atoms with Crippen LogP contribution >= 0.6 is 11.6 Å². The van der Waals surface area contributed by atoms with E-state index in [0.29, 0.717) is 25.6 Å². The number of ether oxygens (including phenoxy) is 1. The number of nitrogens with one attached hydrogen (secondary N) is 1. The first-order chi connectivity index (χ1) is 15.2. The number of halogens is 1. The molecule has 3 aromatic carbocycles. The molecule has 0 radical (unpaired) electrons. The predicted octanol–water partition coefficient (Wildman–Crippen LogP) is 5.71. The Hall–Kier alpha value is -3.41. The van der Waals surface area contributed by atoms with Gasteiger partial charge in [0.1, 0.15) is 12.1 Å². The summed E-state index contributed by atoms with van der Waals surface area (Å²) < 4.78 is 5.87. The molecule has 1 heterocycles. The van der Waals surface area contributed by atoms with E-state index >= 15 is 0 Å². The van der Waals surface area contributed by atoms with Crippen LogP contribution in [-0.4, -0.2) is 9.97 Å². The molecule has 4 aromatic rings. The Balaban J connectivity index is 1.44. The molecule has 4 rings (SSSR count). The molecule has 5 nitrogen and oxygen atoms in total. The second kappa shape index (κ2) is 10.1. The molecule has 0 bridgehead atoms. The highest BCUT2D eigenvalue weighted by molar-refractivity contribution is 6.30. The summed E-state index contributed by atoms with van der Waals surface area (Å²) in [6.45, 7) is 1.58. The molecular weight excluding hydrogens is 408 g/mol. The zero-order valence-corrected chi connectivity index (χ0v) is 17.7. The molecule has 0 aliphatic carbocycles. The van der Waals surface area contributed by atoms with Crippen molar-refractivity contribution in [2.45, 2.75) is 19.8 Å². The standard InChI is InChI=1S/C25H23ClN4O/c26-21-10-6-18(7-11-21)14-28-22-12-8-20(9-13-22)24-23(29-17-30-25(24)27)16-31-15-19-4-2-1-3-5-19/h1-13,17,28H,14-16H2,(H2,27,29,30). The van der Waals surface area contributed by atoms with E-state index < -0.39 is 0 Å². The van der Waals surface area contributed by atoms with Gasteiger partial charge in [-0.2, -0.15) is 0 Å². The third-order valence-corrected chi connectivity index (χ3v) is 5.14. The summed E-state index contributed by atoms with van der Waals surface area (Å²) in [6.07, 6.45) is 1.47. The van der Waals surface area contributed by atoms with E-state index in [-0.39, 0.29) is 0 Å². The largest absolute Gasteiger partial charge is 0.383 e. The van der Waals surface area contributed by atoms with Crippen LogP contribution < -0.4 is 11.1 Å². The molecule has 0 unspecified atom stereocenters. The third-order valence-electron chi connectivity index (χ3n) is 4.89. The highest BCUT2D eigenvalue weighted by Crippen LogP contribution is 2.29. The van der Waals surface area contributed by atoms with Crippen LogP contribution in [0.2, 0.25) is 5.02 Å². The van der Waals surface area contributed by atoms with Gasteiger partial charge in [-0.1, -0.05) is 66.2 Å². The number of anilines is 2. The SMILES string of the molecule is Nc1ncnc(COCc2ccccc2)c1-c1ccc(NCc2ccc(Cl)cc2)cc1. The summed E-state index contributed by atoms with van der Waals surface area (Å²) in [5, 5.41) is 4.15. The average molecular weight is 431 g/mol. The van der Waals surface area contributed by atoms with Crippen molar-refractivity contribution in [3.8, 4) is 11.1 Å². The van der Waals surface area contributed by atoms with Crippen molar-refractivity contribution >= 4 is 23.1 Å². The molecule has 156 valence electrons. The maximum absolute atomic E-state index is 6.19. The van der Waals surface area contributed by atoms with Crippen molar-refractivity contribution in [1.29, 1.82) is 0 Å². The van der Waals surface area contributed by atoms with Gasteiger partial charge in [-0.05, 0) is 41.0 Å². The van der Waals surface area contributed by atoms with Gasteiger partial charge in [0.15, 0.2) is 0 Å². The van der Waals surface area contributed by atoms with E-state index in [1.54, 1.807) is 0 Å². The monoisotopic (exact) mass is 430 g/mol. The van der Waals surface area contributed by atoms with Crippen molar-refractivity contribution in [1.82, 2.24) is 9.97 Å². The Bertz CT molecular complexity index is 1120. The first kappa shape index (κ1) is 20.8. The number of nitrogens with two attached hydrogens (primary N) is 1. The van der Waals surface area contributed by atoms with E-state index in [9.17, 15) is 0 Å². The van der Waals surface area contributed by atoms with E-state index in [0.717, 1.165) is 38.7 Å². The van der Waals surface area contributed by atoms with Crippen LogP contribution in [0.15, 0.2) is 85.2 Å². The highest BCUT2D eigenvalue weighted by atomic mass is 35.5. The Morgan fingerprint density at radius 1 is 0.806 bits per heavy atom. The lowest BCUT2D eigenvalue weighted by molar-refractivity contribution is 0.105. The van der Waals surface area contributed by atoms with Crippen LogP contribution in [0, 0.1) is 0 Å². The molecule has 0 saturated carbocycles. The number of rotatable bonds is 8. The highest BCUT2D eigenvalue weighted by Gasteiger charge is 2.12. The fraction of sp³-hybridized carbons (Fsp3) is 0.120. The minimum Gasteiger partial charge on any atom is -0.383 e. The molecule has 0 atom stereocenters. The van der Waals surface area contributed by atoms with E-state index in [2.05, 4.69) is 15.3 Å². The molecule has 6 heteroatoms. The molecule has 0 aliphatic heterocycles. The van der Waals surface area contributed by atoms with Crippen LogP contribution in [0.25, 0.3) is 11.1 Å². The quantitative estimate of drug-likeness (QED) is 0.374. The van der Waals surface area contributed by atoms with E-state index in [1.807, 2.05) is 78.9 Å². The smallest absolute Gasteiger partial charge is 0.135 e. The first-order valence-corrected chi connectivity index (χ1v) is 10.4. The van der Waals surface area contributed by atoms with Crippen LogP contribution in [0.3, 0.4) is 0 Å². The van der Waals surface area contributed by atoms with Crippen LogP contribution in [0.4, 0.5) is 11.5 Å². The number of benzene rings is 3. The molecule has 1 aromatic heterocycles. The van der Waals surface area contributed by atoms with Gasteiger partial charge in [-0.25, -0.2) is 9.97 Å². The van der Waals surface area contributed by atoms with Gasteiger partial charge in [-0.3, -0.25) is 0 Å². The zero-order chi connectivity index (χ0) is 21.5. The van der Waals surface area contributed by atoms with E-state index in [4.69, 9.17) is 22.1 Å². The lowest BCUT2D eigenvalue weighted by atomic mass is 10.0. The molecular formula is C25H23ClN4O. The van der Waals surface area contributed by atoms with Crippen LogP contribution in [-0.2, 0) is 24.5 Å². The number of aromatic nitrogens is 2. The average Bonchev–Trinajstić information content (AvgIpc) is 2.80. The lowest BCUT2D eigenvalue weighted by Gasteiger charge is -2.13. The third kappa shape index (κ3) is 5.60. The van der Waals surface area contributed by atoms with Gasteiger partial charge in [0.25, 0.3) is 0 Å². The molecule has 0 amide bonds.